The zero-order valence-corrected chi connectivity index (χ0v) is 15.9. The number of anilines is 3. The van der Waals surface area contributed by atoms with Gasteiger partial charge in [-0.1, -0.05) is 0 Å². The Kier molecular flexibility index (Phi) is 6.30. The van der Waals surface area contributed by atoms with Crippen molar-refractivity contribution in [3.8, 4) is 0 Å². The standard InChI is InChI=1S/C14H18BrN5O4S/c1-8(21)13(24-2)19-12-11(15)7-17-14(20-12)18-9-3-5-10(6-4-9)25(16,22)23/h3-8,13,21H,1-2H3,(H2,16,22,23)(H2,17,18,19,20). The second-order valence-electron chi connectivity index (χ2n) is 5.13. The van der Waals surface area contributed by atoms with E-state index in [0.717, 1.165) is 0 Å². The summed E-state index contributed by atoms with van der Waals surface area (Å²) >= 11 is 3.32. The quantitative estimate of drug-likeness (QED) is 0.482. The molecule has 0 radical (unpaired) electrons. The van der Waals surface area contributed by atoms with Crippen molar-refractivity contribution >= 4 is 43.4 Å². The Labute approximate surface area is 153 Å². The number of aromatic nitrogens is 2. The average molecular weight is 432 g/mol. The lowest BCUT2D eigenvalue weighted by Crippen LogP contribution is -2.33. The van der Waals surface area contributed by atoms with Crippen LogP contribution in [0.3, 0.4) is 0 Å². The molecular weight excluding hydrogens is 414 g/mol. The molecule has 136 valence electrons. The summed E-state index contributed by atoms with van der Waals surface area (Å²) in [5, 5.41) is 20.6. The van der Waals surface area contributed by atoms with E-state index in [9.17, 15) is 13.5 Å². The number of nitrogens with zero attached hydrogens (tertiary/aromatic N) is 2. The molecule has 0 fully saturated rings. The second-order valence-corrected chi connectivity index (χ2v) is 7.54. The van der Waals surface area contributed by atoms with Gasteiger partial charge in [0.1, 0.15) is 5.82 Å². The number of sulfonamides is 1. The summed E-state index contributed by atoms with van der Waals surface area (Å²) < 4.78 is 28.2. The molecule has 0 bridgehead atoms. The summed E-state index contributed by atoms with van der Waals surface area (Å²) in [7, 11) is -2.28. The molecule has 1 aromatic heterocycles. The Balaban J connectivity index is 2.19. The van der Waals surface area contributed by atoms with Gasteiger partial charge < -0.3 is 20.5 Å². The van der Waals surface area contributed by atoms with Crippen LogP contribution in [0.15, 0.2) is 39.8 Å². The van der Waals surface area contributed by atoms with Crippen LogP contribution in [0.5, 0.6) is 0 Å². The lowest BCUT2D eigenvalue weighted by molar-refractivity contribution is 0.0155. The van der Waals surface area contributed by atoms with Crippen LogP contribution in [0.2, 0.25) is 0 Å². The normalized spacial score (nSPS) is 14.0. The molecule has 0 saturated carbocycles. The highest BCUT2D eigenvalue weighted by atomic mass is 79.9. The van der Waals surface area contributed by atoms with Crippen molar-refractivity contribution < 1.29 is 18.3 Å². The molecule has 11 heteroatoms. The molecule has 1 aromatic carbocycles. The van der Waals surface area contributed by atoms with Crippen LogP contribution in [0.1, 0.15) is 6.92 Å². The lowest BCUT2D eigenvalue weighted by Gasteiger charge is -2.21. The monoisotopic (exact) mass is 431 g/mol. The van der Waals surface area contributed by atoms with E-state index in [1.165, 1.54) is 25.4 Å². The predicted octanol–water partition coefficient (Wildman–Crippen LogP) is 1.40. The van der Waals surface area contributed by atoms with Gasteiger partial charge in [-0.3, -0.25) is 0 Å². The minimum Gasteiger partial charge on any atom is -0.389 e. The van der Waals surface area contributed by atoms with Gasteiger partial charge in [0.05, 0.1) is 15.5 Å². The largest absolute Gasteiger partial charge is 0.389 e. The van der Waals surface area contributed by atoms with Crippen LogP contribution in [0.25, 0.3) is 0 Å². The average Bonchev–Trinajstić information content (AvgIpc) is 2.54. The van der Waals surface area contributed by atoms with E-state index in [4.69, 9.17) is 9.88 Å². The van der Waals surface area contributed by atoms with Gasteiger partial charge in [-0.25, -0.2) is 18.5 Å². The number of methoxy groups -OCH3 is 1. The summed E-state index contributed by atoms with van der Waals surface area (Å²) in [5.41, 5.74) is 0.583. The van der Waals surface area contributed by atoms with E-state index in [1.807, 2.05) is 0 Å². The molecule has 0 aliphatic rings. The highest BCUT2D eigenvalue weighted by Gasteiger charge is 2.16. The highest BCUT2D eigenvalue weighted by Crippen LogP contribution is 2.23. The van der Waals surface area contributed by atoms with E-state index in [0.29, 0.717) is 16.0 Å². The maximum atomic E-state index is 11.3. The van der Waals surface area contributed by atoms with Gasteiger partial charge in [0, 0.05) is 19.0 Å². The molecule has 0 spiro atoms. The number of aliphatic hydroxyl groups is 1. The lowest BCUT2D eigenvalue weighted by atomic mass is 10.3. The second kappa shape index (κ2) is 8.06. The van der Waals surface area contributed by atoms with Crippen molar-refractivity contribution in [1.82, 2.24) is 9.97 Å². The third-order valence-corrected chi connectivity index (χ3v) is 4.66. The van der Waals surface area contributed by atoms with Crippen molar-refractivity contribution in [2.24, 2.45) is 5.14 Å². The smallest absolute Gasteiger partial charge is 0.238 e. The molecule has 5 N–H and O–H groups in total. The number of benzene rings is 1. The molecule has 0 saturated heterocycles. The van der Waals surface area contributed by atoms with Crippen molar-refractivity contribution in [1.29, 1.82) is 0 Å². The molecule has 0 amide bonds. The fourth-order valence-corrected chi connectivity index (χ4v) is 2.72. The Morgan fingerprint density at radius 3 is 2.48 bits per heavy atom. The Bertz CT molecular complexity index is 830. The number of nitrogens with one attached hydrogen (secondary N) is 2. The number of halogens is 1. The summed E-state index contributed by atoms with van der Waals surface area (Å²) in [6.45, 7) is 1.59. The molecule has 2 unspecified atom stereocenters. The molecule has 1 heterocycles. The summed E-state index contributed by atoms with van der Waals surface area (Å²) in [6.07, 6.45) is 0.132. The predicted molar refractivity (Wildman–Crippen MR) is 96.9 cm³/mol. The minimum absolute atomic E-state index is 0.0111. The first-order chi connectivity index (χ1) is 11.7. The Hall–Kier alpha value is -1.79. The zero-order valence-electron chi connectivity index (χ0n) is 13.5. The van der Waals surface area contributed by atoms with Gasteiger partial charge in [-0.15, -0.1) is 0 Å². The third kappa shape index (κ3) is 5.34. The maximum Gasteiger partial charge on any atom is 0.238 e. The molecule has 2 rings (SSSR count). The minimum atomic E-state index is -3.74. The molecular formula is C14H18BrN5O4S. The van der Waals surface area contributed by atoms with E-state index in [-0.39, 0.29) is 10.8 Å². The van der Waals surface area contributed by atoms with Crippen molar-refractivity contribution in [3.05, 3.63) is 34.9 Å². The van der Waals surface area contributed by atoms with E-state index >= 15 is 0 Å². The number of hydrogen-bond donors (Lipinski definition) is 4. The van der Waals surface area contributed by atoms with E-state index in [2.05, 4.69) is 36.5 Å². The summed E-state index contributed by atoms with van der Waals surface area (Å²) in [6, 6.07) is 5.85. The van der Waals surface area contributed by atoms with Crippen LogP contribution >= 0.6 is 15.9 Å². The van der Waals surface area contributed by atoms with E-state index < -0.39 is 22.4 Å². The Morgan fingerprint density at radius 1 is 1.32 bits per heavy atom. The van der Waals surface area contributed by atoms with Gasteiger partial charge in [-0.05, 0) is 47.1 Å². The topological polar surface area (TPSA) is 139 Å². The van der Waals surface area contributed by atoms with Crippen LogP contribution in [0, 0.1) is 0 Å². The fraction of sp³-hybridized carbons (Fsp3) is 0.286. The van der Waals surface area contributed by atoms with Gasteiger partial charge in [0.15, 0.2) is 6.23 Å². The van der Waals surface area contributed by atoms with Crippen molar-refractivity contribution in [2.75, 3.05) is 17.7 Å². The van der Waals surface area contributed by atoms with Crippen LogP contribution in [0.4, 0.5) is 17.5 Å². The SMILES string of the molecule is COC(Nc1nc(Nc2ccc(S(N)(=O)=O)cc2)ncc1Br)C(C)O. The summed E-state index contributed by atoms with van der Waals surface area (Å²) in [5.74, 6) is 0.695. The van der Waals surface area contributed by atoms with E-state index in [1.54, 1.807) is 19.1 Å². The molecule has 0 aliphatic heterocycles. The maximum absolute atomic E-state index is 11.3. The highest BCUT2D eigenvalue weighted by molar-refractivity contribution is 9.10. The number of rotatable bonds is 7. The zero-order chi connectivity index (χ0) is 18.6. The van der Waals surface area contributed by atoms with Crippen LogP contribution in [-0.2, 0) is 14.8 Å². The molecule has 2 atom stereocenters. The molecule has 9 nitrogen and oxygen atoms in total. The number of primary sulfonamides is 1. The van der Waals surface area contributed by atoms with Crippen LogP contribution in [-0.4, -0.2) is 42.9 Å². The number of hydrogen-bond acceptors (Lipinski definition) is 8. The number of ether oxygens (including phenoxy) is 1. The van der Waals surface area contributed by atoms with Gasteiger partial charge >= 0.3 is 0 Å². The first kappa shape index (κ1) is 19.5. The molecule has 2 aromatic rings. The van der Waals surface area contributed by atoms with Crippen molar-refractivity contribution in [3.63, 3.8) is 0 Å². The van der Waals surface area contributed by atoms with Gasteiger partial charge in [0.25, 0.3) is 0 Å². The third-order valence-electron chi connectivity index (χ3n) is 3.15. The first-order valence-corrected chi connectivity index (χ1v) is 9.44. The number of aliphatic hydroxyl groups excluding tert-OH is 1. The summed E-state index contributed by atoms with van der Waals surface area (Å²) in [4.78, 5) is 8.43. The van der Waals surface area contributed by atoms with Gasteiger partial charge in [0.2, 0.25) is 16.0 Å². The van der Waals surface area contributed by atoms with Gasteiger partial charge in [-0.2, -0.15) is 4.98 Å². The number of nitrogens with two attached hydrogens (primary N) is 1. The molecule has 25 heavy (non-hydrogen) atoms. The molecule has 0 aliphatic carbocycles. The van der Waals surface area contributed by atoms with Crippen LogP contribution < -0.4 is 15.8 Å². The fourth-order valence-electron chi connectivity index (χ4n) is 1.90. The Morgan fingerprint density at radius 2 is 1.96 bits per heavy atom. The van der Waals surface area contributed by atoms with Crippen molar-refractivity contribution in [2.45, 2.75) is 24.2 Å². The first-order valence-electron chi connectivity index (χ1n) is 7.10.